The molecule has 0 radical (unpaired) electrons. The Bertz CT molecular complexity index is 1430. The number of hydrogen-bond acceptors (Lipinski definition) is 7. The predicted molar refractivity (Wildman–Crippen MR) is 145 cm³/mol. The standard InChI is InChI=1S/C28H31N5O3S/c1-31(37(35,36)27-6-4-5-23-20-29-14-12-26(23)27)24(19-22-8-10-25(34)11-9-22)21-32-15-17-33(18-16-32)28-7-2-3-13-30-28/h2-14,20,24,34H,15-19,21H2,1H3. The SMILES string of the molecule is CN(C(Cc1ccc(O)cc1)CN1CCN(c2ccccn2)CC1)S(=O)(=O)c1cccc2cnccc12. The normalized spacial score (nSPS) is 15.8. The van der Waals surface area contributed by atoms with E-state index in [-0.39, 0.29) is 16.7 Å². The summed E-state index contributed by atoms with van der Waals surface area (Å²) in [6.07, 6.45) is 5.64. The first kappa shape index (κ1) is 25.1. The maximum Gasteiger partial charge on any atom is 0.243 e. The van der Waals surface area contributed by atoms with E-state index >= 15 is 0 Å². The molecule has 0 aliphatic carbocycles. The van der Waals surface area contributed by atoms with E-state index in [4.69, 9.17) is 0 Å². The average molecular weight is 518 g/mol. The zero-order valence-electron chi connectivity index (χ0n) is 20.8. The van der Waals surface area contributed by atoms with Gasteiger partial charge in [-0.3, -0.25) is 9.88 Å². The van der Waals surface area contributed by atoms with Gasteiger partial charge < -0.3 is 10.0 Å². The number of anilines is 1. The number of piperazine rings is 1. The van der Waals surface area contributed by atoms with E-state index in [2.05, 4.69) is 19.8 Å². The third-order valence-electron chi connectivity index (χ3n) is 7.03. The summed E-state index contributed by atoms with van der Waals surface area (Å²) in [6, 6.07) is 19.7. The number of aromatic hydroxyl groups is 1. The maximum atomic E-state index is 13.9. The van der Waals surface area contributed by atoms with Crippen LogP contribution in [0.15, 0.2) is 90.2 Å². The summed E-state index contributed by atoms with van der Waals surface area (Å²) in [5, 5.41) is 11.2. The van der Waals surface area contributed by atoms with E-state index < -0.39 is 10.0 Å². The Balaban J connectivity index is 1.39. The number of nitrogens with zero attached hydrogens (tertiary/aromatic N) is 5. The summed E-state index contributed by atoms with van der Waals surface area (Å²) in [4.78, 5) is 13.5. The van der Waals surface area contributed by atoms with Gasteiger partial charge in [-0.2, -0.15) is 4.31 Å². The van der Waals surface area contributed by atoms with Gasteiger partial charge in [0.2, 0.25) is 10.0 Å². The zero-order valence-corrected chi connectivity index (χ0v) is 21.6. The molecule has 2 aromatic carbocycles. The highest BCUT2D eigenvalue weighted by Crippen LogP contribution is 2.27. The molecular weight excluding hydrogens is 486 g/mol. The number of hydrogen-bond donors (Lipinski definition) is 1. The van der Waals surface area contributed by atoms with Crippen molar-refractivity contribution in [3.05, 3.63) is 90.9 Å². The molecular formula is C28H31N5O3S. The van der Waals surface area contributed by atoms with Crippen LogP contribution in [0.5, 0.6) is 5.75 Å². The van der Waals surface area contributed by atoms with Gasteiger partial charge in [0, 0.05) is 75.2 Å². The van der Waals surface area contributed by atoms with Gasteiger partial charge >= 0.3 is 0 Å². The van der Waals surface area contributed by atoms with Crippen molar-refractivity contribution in [1.29, 1.82) is 0 Å². The van der Waals surface area contributed by atoms with Crippen LogP contribution in [-0.4, -0.2) is 78.5 Å². The highest BCUT2D eigenvalue weighted by molar-refractivity contribution is 7.89. The molecule has 1 saturated heterocycles. The van der Waals surface area contributed by atoms with Crippen molar-refractivity contribution < 1.29 is 13.5 Å². The minimum absolute atomic E-state index is 0.191. The van der Waals surface area contributed by atoms with Crippen molar-refractivity contribution in [3.8, 4) is 5.75 Å². The summed E-state index contributed by atoms with van der Waals surface area (Å²) in [6.45, 7) is 3.89. The van der Waals surface area contributed by atoms with Crippen molar-refractivity contribution in [2.75, 3.05) is 44.7 Å². The number of benzene rings is 2. The fraction of sp³-hybridized carbons (Fsp3) is 0.286. The first-order chi connectivity index (χ1) is 17.9. The average Bonchev–Trinajstić information content (AvgIpc) is 2.94. The number of sulfonamides is 1. The molecule has 0 saturated carbocycles. The Morgan fingerprint density at radius 3 is 2.46 bits per heavy atom. The van der Waals surface area contributed by atoms with Crippen LogP contribution in [0, 0.1) is 0 Å². The second kappa shape index (κ2) is 10.8. The molecule has 192 valence electrons. The number of phenols is 1. The maximum absolute atomic E-state index is 13.9. The summed E-state index contributed by atoms with van der Waals surface area (Å²) >= 11 is 0. The molecule has 1 fully saturated rings. The van der Waals surface area contributed by atoms with Gasteiger partial charge in [-0.15, -0.1) is 0 Å². The van der Waals surface area contributed by atoms with Crippen LogP contribution in [0.3, 0.4) is 0 Å². The molecule has 0 spiro atoms. The molecule has 3 heterocycles. The summed E-state index contributed by atoms with van der Waals surface area (Å²) < 4.78 is 29.4. The Morgan fingerprint density at radius 1 is 0.946 bits per heavy atom. The van der Waals surface area contributed by atoms with Gasteiger partial charge in [0.05, 0.1) is 4.90 Å². The van der Waals surface area contributed by atoms with Gasteiger partial charge in [0.1, 0.15) is 11.6 Å². The Hall–Kier alpha value is -3.53. The van der Waals surface area contributed by atoms with Crippen LogP contribution >= 0.6 is 0 Å². The third-order valence-corrected chi connectivity index (χ3v) is 9.00. The first-order valence-corrected chi connectivity index (χ1v) is 13.8. The summed E-state index contributed by atoms with van der Waals surface area (Å²) in [7, 11) is -2.12. The van der Waals surface area contributed by atoms with Crippen LogP contribution < -0.4 is 4.90 Å². The summed E-state index contributed by atoms with van der Waals surface area (Å²) in [5.74, 6) is 1.16. The molecule has 1 atom stereocenters. The molecule has 5 rings (SSSR count). The van der Waals surface area contributed by atoms with Crippen LogP contribution in [-0.2, 0) is 16.4 Å². The van der Waals surface area contributed by atoms with E-state index in [1.165, 1.54) is 4.31 Å². The van der Waals surface area contributed by atoms with E-state index in [1.54, 1.807) is 56.0 Å². The fourth-order valence-corrected chi connectivity index (χ4v) is 6.44. The van der Waals surface area contributed by atoms with Crippen molar-refractivity contribution in [2.24, 2.45) is 0 Å². The molecule has 1 aliphatic rings. The topological polar surface area (TPSA) is 89.9 Å². The van der Waals surface area contributed by atoms with Crippen molar-refractivity contribution in [2.45, 2.75) is 17.4 Å². The minimum atomic E-state index is -3.79. The molecule has 1 aliphatic heterocycles. The molecule has 2 aromatic heterocycles. The van der Waals surface area contributed by atoms with Gasteiger partial charge in [-0.1, -0.05) is 30.3 Å². The monoisotopic (exact) mass is 517 g/mol. The molecule has 8 nitrogen and oxygen atoms in total. The number of likely N-dealkylation sites (N-methyl/N-ethyl adjacent to an activating group) is 1. The largest absolute Gasteiger partial charge is 0.508 e. The van der Waals surface area contributed by atoms with Gasteiger partial charge in [-0.05, 0) is 48.4 Å². The lowest BCUT2D eigenvalue weighted by Gasteiger charge is -2.38. The first-order valence-electron chi connectivity index (χ1n) is 12.4. The Morgan fingerprint density at radius 2 is 1.73 bits per heavy atom. The zero-order chi connectivity index (χ0) is 25.8. The number of aromatic nitrogens is 2. The van der Waals surface area contributed by atoms with Gasteiger partial charge in [0.15, 0.2) is 0 Å². The van der Waals surface area contributed by atoms with Crippen LogP contribution in [0.25, 0.3) is 10.8 Å². The molecule has 1 N–H and O–H groups in total. The number of rotatable bonds is 8. The van der Waals surface area contributed by atoms with Crippen LogP contribution in [0.2, 0.25) is 0 Å². The molecule has 0 amide bonds. The predicted octanol–water partition coefficient (Wildman–Crippen LogP) is 3.39. The fourth-order valence-electron chi connectivity index (χ4n) is 4.88. The quantitative estimate of drug-likeness (QED) is 0.383. The van der Waals surface area contributed by atoms with Crippen molar-refractivity contribution in [1.82, 2.24) is 19.2 Å². The van der Waals surface area contributed by atoms with Crippen LogP contribution in [0.4, 0.5) is 5.82 Å². The van der Waals surface area contributed by atoms with Crippen molar-refractivity contribution in [3.63, 3.8) is 0 Å². The number of pyridine rings is 2. The van der Waals surface area contributed by atoms with E-state index in [9.17, 15) is 13.5 Å². The molecule has 0 bridgehead atoms. The highest BCUT2D eigenvalue weighted by atomic mass is 32.2. The summed E-state index contributed by atoms with van der Waals surface area (Å²) in [5.41, 5.74) is 0.971. The van der Waals surface area contributed by atoms with Crippen LogP contribution in [0.1, 0.15) is 5.56 Å². The lowest BCUT2D eigenvalue weighted by molar-refractivity contribution is 0.200. The Kier molecular flexibility index (Phi) is 7.36. The number of phenolic OH excluding ortho intramolecular Hbond substituents is 1. The van der Waals surface area contributed by atoms with Crippen molar-refractivity contribution >= 4 is 26.6 Å². The molecule has 1 unspecified atom stereocenters. The lowest BCUT2D eigenvalue weighted by Crippen LogP contribution is -2.52. The minimum Gasteiger partial charge on any atom is -0.508 e. The third kappa shape index (κ3) is 5.58. The second-order valence-electron chi connectivity index (χ2n) is 9.37. The van der Waals surface area contributed by atoms with E-state index in [0.29, 0.717) is 18.4 Å². The van der Waals surface area contributed by atoms with Gasteiger partial charge in [0.25, 0.3) is 0 Å². The van der Waals surface area contributed by atoms with Gasteiger partial charge in [-0.25, -0.2) is 13.4 Å². The second-order valence-corrected chi connectivity index (χ2v) is 11.3. The van der Waals surface area contributed by atoms with E-state index in [0.717, 1.165) is 42.9 Å². The smallest absolute Gasteiger partial charge is 0.243 e. The number of fused-ring (bicyclic) bond motifs is 1. The Labute approximate surface area is 217 Å². The lowest BCUT2D eigenvalue weighted by atomic mass is 10.0. The molecule has 37 heavy (non-hydrogen) atoms. The molecule has 4 aromatic rings. The van der Waals surface area contributed by atoms with E-state index in [1.807, 2.05) is 36.4 Å². The molecule has 9 heteroatoms. The highest BCUT2D eigenvalue weighted by Gasteiger charge is 2.32.